The molecule has 1 aliphatic carbocycles. The average Bonchev–Trinajstić information content (AvgIpc) is 3.30. The molecule has 2 unspecified atom stereocenters. The summed E-state index contributed by atoms with van der Waals surface area (Å²) in [6.45, 7) is -0.453. The zero-order valence-corrected chi connectivity index (χ0v) is 21.9. The van der Waals surface area contributed by atoms with Gasteiger partial charge in [-0.3, -0.25) is 4.79 Å². The van der Waals surface area contributed by atoms with Crippen molar-refractivity contribution in [3.63, 3.8) is 0 Å². The van der Waals surface area contributed by atoms with Crippen molar-refractivity contribution in [1.29, 1.82) is 0 Å². The number of halogens is 3. The Morgan fingerprint density at radius 2 is 1.68 bits per heavy atom. The van der Waals surface area contributed by atoms with Crippen molar-refractivity contribution in [1.82, 2.24) is 9.99 Å². The number of aromatic nitrogens is 1. The lowest BCUT2D eigenvalue weighted by molar-refractivity contribution is -0.137. The Labute approximate surface area is 229 Å². The standard InChI is InChI=1S/C28H22Cl3N3O3/c29-21-9-4-17(5-10-21)14-19-2-1-3-23-26(19)33-34(27(23)18-6-11-22(30)12-7-18)25(35)16-37-28(36)20-8-13-24(31)32-15-20/h4-15,23,27H,1-3,16H2. The van der Waals surface area contributed by atoms with Crippen LogP contribution in [0, 0.1) is 5.92 Å². The van der Waals surface area contributed by atoms with Crippen LogP contribution in [-0.4, -0.2) is 34.2 Å². The lowest BCUT2D eigenvalue weighted by Crippen LogP contribution is -2.34. The zero-order chi connectivity index (χ0) is 25.9. The molecule has 188 valence electrons. The second-order valence-corrected chi connectivity index (χ2v) is 10.1. The number of carbonyl (C=O) groups is 2. The molecule has 1 amide bonds. The van der Waals surface area contributed by atoms with E-state index in [9.17, 15) is 9.59 Å². The lowest BCUT2D eigenvalue weighted by atomic mass is 9.77. The Hall–Kier alpha value is -3.19. The number of fused-ring (bicyclic) bond motifs is 1. The monoisotopic (exact) mass is 553 g/mol. The first-order valence-corrected chi connectivity index (χ1v) is 12.9. The summed E-state index contributed by atoms with van der Waals surface area (Å²) in [5, 5.41) is 7.80. The van der Waals surface area contributed by atoms with E-state index in [1.807, 2.05) is 36.4 Å². The van der Waals surface area contributed by atoms with Crippen molar-refractivity contribution in [2.45, 2.75) is 25.3 Å². The Kier molecular flexibility index (Phi) is 7.60. The second-order valence-electron chi connectivity index (χ2n) is 8.89. The molecular formula is C28H22Cl3N3O3. The Morgan fingerprint density at radius 1 is 0.973 bits per heavy atom. The SMILES string of the molecule is O=C(OCC(=O)N1N=C2C(=Cc3ccc(Cl)cc3)CCCC2C1c1ccc(Cl)cc1)c1ccc(Cl)nc1. The first-order valence-electron chi connectivity index (χ1n) is 11.8. The summed E-state index contributed by atoms with van der Waals surface area (Å²) in [4.78, 5) is 29.7. The van der Waals surface area contributed by atoms with E-state index < -0.39 is 18.5 Å². The maximum Gasteiger partial charge on any atom is 0.340 e. The minimum atomic E-state index is -0.659. The van der Waals surface area contributed by atoms with E-state index in [2.05, 4.69) is 11.1 Å². The van der Waals surface area contributed by atoms with Crippen molar-refractivity contribution in [2.24, 2.45) is 11.0 Å². The highest BCUT2D eigenvalue weighted by Gasteiger charge is 2.43. The third-order valence-corrected chi connectivity index (χ3v) is 7.20. The van der Waals surface area contributed by atoms with E-state index in [1.54, 1.807) is 12.1 Å². The van der Waals surface area contributed by atoms with Gasteiger partial charge < -0.3 is 4.74 Å². The Morgan fingerprint density at radius 3 is 2.35 bits per heavy atom. The number of benzene rings is 2. The normalized spacial score (nSPS) is 19.9. The molecule has 9 heteroatoms. The number of allylic oxidation sites excluding steroid dienone is 1. The summed E-state index contributed by atoms with van der Waals surface area (Å²) < 4.78 is 5.30. The van der Waals surface area contributed by atoms with Gasteiger partial charge in [-0.05, 0) is 78.4 Å². The summed E-state index contributed by atoms with van der Waals surface area (Å²) in [6, 6.07) is 17.7. The van der Waals surface area contributed by atoms with Gasteiger partial charge in [-0.1, -0.05) is 59.1 Å². The van der Waals surface area contributed by atoms with Gasteiger partial charge >= 0.3 is 5.97 Å². The lowest BCUT2D eigenvalue weighted by Gasteiger charge is -2.29. The maximum atomic E-state index is 13.4. The van der Waals surface area contributed by atoms with Crippen LogP contribution in [0.25, 0.3) is 6.08 Å². The molecule has 2 atom stereocenters. The molecule has 3 aromatic rings. The fourth-order valence-corrected chi connectivity index (χ4v) is 5.10. The molecule has 37 heavy (non-hydrogen) atoms. The molecule has 2 aromatic carbocycles. The molecular weight excluding hydrogens is 533 g/mol. The Bertz CT molecular complexity index is 1370. The number of ether oxygens (including phenoxy) is 1. The highest BCUT2D eigenvalue weighted by Crippen LogP contribution is 2.44. The average molecular weight is 555 g/mol. The zero-order valence-electron chi connectivity index (χ0n) is 19.6. The van der Waals surface area contributed by atoms with Crippen molar-refractivity contribution in [3.05, 3.63) is 104 Å². The highest BCUT2D eigenvalue weighted by atomic mass is 35.5. The van der Waals surface area contributed by atoms with Crippen LogP contribution in [0.5, 0.6) is 0 Å². The van der Waals surface area contributed by atoms with Gasteiger partial charge in [-0.2, -0.15) is 5.10 Å². The summed E-state index contributed by atoms with van der Waals surface area (Å²) in [5.41, 5.74) is 4.10. The van der Waals surface area contributed by atoms with E-state index in [0.29, 0.717) is 10.0 Å². The van der Waals surface area contributed by atoms with Crippen molar-refractivity contribution in [3.8, 4) is 0 Å². The van der Waals surface area contributed by atoms with Crippen molar-refractivity contribution >= 4 is 58.5 Å². The molecule has 6 nitrogen and oxygen atoms in total. The number of hydrazone groups is 1. The van der Waals surface area contributed by atoms with Crippen LogP contribution >= 0.6 is 34.8 Å². The fourth-order valence-electron chi connectivity index (χ4n) is 4.73. The summed E-state index contributed by atoms with van der Waals surface area (Å²) in [6.07, 6.45) is 6.11. The number of esters is 1. The molecule has 0 saturated heterocycles. The molecule has 1 aromatic heterocycles. The summed E-state index contributed by atoms with van der Waals surface area (Å²) in [5.74, 6) is -1.07. The van der Waals surface area contributed by atoms with Crippen LogP contribution < -0.4 is 0 Å². The molecule has 1 saturated carbocycles. The van der Waals surface area contributed by atoms with Gasteiger partial charge in [0.1, 0.15) is 5.15 Å². The predicted molar refractivity (Wildman–Crippen MR) is 145 cm³/mol. The predicted octanol–water partition coefficient (Wildman–Crippen LogP) is 7.02. The van der Waals surface area contributed by atoms with Gasteiger partial charge in [0.2, 0.25) is 0 Å². The fraction of sp³-hybridized carbons (Fsp3) is 0.214. The van der Waals surface area contributed by atoms with E-state index >= 15 is 0 Å². The third-order valence-electron chi connectivity index (χ3n) is 6.47. The van der Waals surface area contributed by atoms with Gasteiger partial charge in [0.25, 0.3) is 5.91 Å². The topological polar surface area (TPSA) is 71.9 Å². The first kappa shape index (κ1) is 25.5. The van der Waals surface area contributed by atoms with E-state index in [1.165, 1.54) is 23.3 Å². The molecule has 1 aliphatic heterocycles. The number of carbonyl (C=O) groups excluding carboxylic acids is 2. The molecule has 2 aliphatic rings. The molecule has 1 fully saturated rings. The molecule has 5 rings (SSSR count). The first-order chi connectivity index (χ1) is 17.9. The van der Waals surface area contributed by atoms with Gasteiger partial charge in [0, 0.05) is 22.2 Å². The maximum absolute atomic E-state index is 13.4. The summed E-state index contributed by atoms with van der Waals surface area (Å²) in [7, 11) is 0. The number of rotatable bonds is 5. The van der Waals surface area contributed by atoms with Gasteiger partial charge in [0.15, 0.2) is 6.61 Å². The molecule has 0 N–H and O–H groups in total. The van der Waals surface area contributed by atoms with Crippen LogP contribution in [0.1, 0.15) is 46.8 Å². The number of hydrogen-bond acceptors (Lipinski definition) is 5. The number of pyridine rings is 1. The van der Waals surface area contributed by atoms with E-state index in [0.717, 1.165) is 41.7 Å². The van der Waals surface area contributed by atoms with Crippen LogP contribution in [0.15, 0.2) is 77.5 Å². The minimum Gasteiger partial charge on any atom is -0.452 e. The third kappa shape index (κ3) is 5.72. The highest BCUT2D eigenvalue weighted by molar-refractivity contribution is 6.31. The molecule has 0 radical (unpaired) electrons. The molecule has 0 bridgehead atoms. The smallest absolute Gasteiger partial charge is 0.340 e. The quantitative estimate of drug-likeness (QED) is 0.251. The Balaban J connectivity index is 1.43. The van der Waals surface area contributed by atoms with Gasteiger partial charge in [0.05, 0.1) is 17.3 Å². The van der Waals surface area contributed by atoms with Crippen LogP contribution in [0.3, 0.4) is 0 Å². The van der Waals surface area contributed by atoms with Crippen LogP contribution in [0.4, 0.5) is 0 Å². The second kappa shape index (κ2) is 11.1. The van der Waals surface area contributed by atoms with Crippen molar-refractivity contribution in [2.75, 3.05) is 6.61 Å². The number of nitrogens with zero attached hydrogens (tertiary/aromatic N) is 3. The van der Waals surface area contributed by atoms with E-state index in [4.69, 9.17) is 44.6 Å². The number of hydrogen-bond donors (Lipinski definition) is 0. The van der Waals surface area contributed by atoms with Gasteiger partial charge in [-0.25, -0.2) is 14.8 Å². The summed E-state index contributed by atoms with van der Waals surface area (Å²) >= 11 is 18.0. The van der Waals surface area contributed by atoms with Crippen LogP contribution in [0.2, 0.25) is 15.2 Å². The van der Waals surface area contributed by atoms with Crippen LogP contribution in [-0.2, 0) is 9.53 Å². The van der Waals surface area contributed by atoms with Crippen molar-refractivity contribution < 1.29 is 14.3 Å². The van der Waals surface area contributed by atoms with Gasteiger partial charge in [-0.15, -0.1) is 0 Å². The molecule has 2 heterocycles. The van der Waals surface area contributed by atoms with E-state index in [-0.39, 0.29) is 22.7 Å². The minimum absolute atomic E-state index is 0.00796. The largest absolute Gasteiger partial charge is 0.452 e. The molecule has 0 spiro atoms. The number of amides is 1.